The van der Waals surface area contributed by atoms with E-state index in [0.717, 1.165) is 0 Å². The van der Waals surface area contributed by atoms with Crippen molar-refractivity contribution in [3.63, 3.8) is 0 Å². The topological polar surface area (TPSA) is 6.48 Å². The number of para-hydroxylation sites is 2. The predicted molar refractivity (Wildman–Crippen MR) is 119 cm³/mol. The molecule has 0 bridgehead atoms. The largest absolute Gasteiger partial charge is 0.416 e. The van der Waals surface area contributed by atoms with Crippen LogP contribution in [0.25, 0.3) is 22.3 Å². The molecule has 128 valence electrons. The molecule has 4 aromatic carbocycles. The highest BCUT2D eigenvalue weighted by molar-refractivity contribution is 7.16. The number of hydrogen-bond donors (Lipinski definition) is 0. The van der Waals surface area contributed by atoms with Crippen LogP contribution in [0.2, 0.25) is 0 Å². The molecule has 7 rings (SSSR count). The molecule has 2 nitrogen and oxygen atoms in total. The fourth-order valence-electron chi connectivity index (χ4n) is 5.38. The first-order chi connectivity index (χ1) is 13.9. The molecule has 28 heavy (non-hydrogen) atoms. The van der Waals surface area contributed by atoms with E-state index in [-0.39, 0.29) is 14.0 Å². The molecule has 3 aliphatic heterocycles. The summed E-state index contributed by atoms with van der Waals surface area (Å²) in [7, 11) is 0. The maximum Gasteiger partial charge on any atom is 0.389 e. The standard InChI is InChI=1S/C24H16B2N2/c1-5-13-21-17(9-1)19-11-3-7-15-23(19)27-25(21)28-24-16-8-4-12-20(24)18-10-2-6-14-22(18)26(27)28/h1-16H. The monoisotopic (exact) mass is 354 g/mol. The van der Waals surface area contributed by atoms with E-state index in [0.29, 0.717) is 0 Å². The van der Waals surface area contributed by atoms with Crippen molar-refractivity contribution >= 4 is 36.3 Å². The molecule has 0 spiro atoms. The summed E-state index contributed by atoms with van der Waals surface area (Å²) in [5.74, 6) is 0. The quantitative estimate of drug-likeness (QED) is 0.444. The fourth-order valence-corrected chi connectivity index (χ4v) is 5.38. The normalized spacial score (nSPS) is 14.9. The van der Waals surface area contributed by atoms with Gasteiger partial charge in [0.1, 0.15) is 0 Å². The minimum atomic E-state index is 0.241. The smallest absolute Gasteiger partial charge is 0.389 e. The molecule has 0 radical (unpaired) electrons. The highest BCUT2D eigenvalue weighted by Crippen LogP contribution is 2.46. The van der Waals surface area contributed by atoms with Gasteiger partial charge in [-0.2, -0.15) is 0 Å². The van der Waals surface area contributed by atoms with Crippen LogP contribution in [-0.4, -0.2) is 14.0 Å². The van der Waals surface area contributed by atoms with E-state index in [1.165, 1.54) is 44.6 Å². The molecule has 4 heteroatoms. The summed E-state index contributed by atoms with van der Waals surface area (Å²) >= 11 is 0. The van der Waals surface area contributed by atoms with E-state index >= 15 is 0 Å². The van der Waals surface area contributed by atoms with Crippen LogP contribution in [0.3, 0.4) is 0 Å². The Balaban J connectivity index is 1.54. The van der Waals surface area contributed by atoms with Crippen molar-refractivity contribution in [3.8, 4) is 22.3 Å². The van der Waals surface area contributed by atoms with Crippen molar-refractivity contribution < 1.29 is 0 Å². The molecule has 1 fully saturated rings. The average Bonchev–Trinajstić information content (AvgIpc) is 2.75. The zero-order chi connectivity index (χ0) is 18.2. The van der Waals surface area contributed by atoms with Crippen LogP contribution in [-0.2, 0) is 0 Å². The number of rotatable bonds is 0. The predicted octanol–water partition coefficient (Wildman–Crippen LogP) is 3.76. The summed E-state index contributed by atoms with van der Waals surface area (Å²) in [6.45, 7) is 0.483. The van der Waals surface area contributed by atoms with Crippen LogP contribution in [0.5, 0.6) is 0 Å². The van der Waals surface area contributed by atoms with Crippen molar-refractivity contribution in [1.29, 1.82) is 0 Å². The summed E-state index contributed by atoms with van der Waals surface area (Å²) in [5.41, 5.74) is 10.8. The molecular weight excluding hydrogens is 338 g/mol. The van der Waals surface area contributed by atoms with Gasteiger partial charge in [0.25, 0.3) is 0 Å². The van der Waals surface area contributed by atoms with Gasteiger partial charge in [-0.15, -0.1) is 0 Å². The van der Waals surface area contributed by atoms with Crippen molar-refractivity contribution in [2.45, 2.75) is 0 Å². The Bertz CT molecular complexity index is 1060. The minimum absolute atomic E-state index is 0.241. The minimum Gasteiger partial charge on any atom is -0.416 e. The zero-order valence-corrected chi connectivity index (χ0v) is 15.3. The third-order valence-corrected chi connectivity index (χ3v) is 6.48. The summed E-state index contributed by atoms with van der Waals surface area (Å²) in [6, 6.07) is 35.5. The summed E-state index contributed by atoms with van der Waals surface area (Å²) < 4.78 is 5.21. The van der Waals surface area contributed by atoms with Crippen LogP contribution < -0.4 is 20.4 Å². The van der Waals surface area contributed by atoms with Crippen LogP contribution >= 0.6 is 0 Å². The van der Waals surface area contributed by atoms with E-state index < -0.39 is 0 Å². The zero-order valence-electron chi connectivity index (χ0n) is 15.3. The Morgan fingerprint density at radius 1 is 0.393 bits per heavy atom. The number of fused-ring (bicyclic) bond motifs is 14. The van der Waals surface area contributed by atoms with Gasteiger partial charge in [0.2, 0.25) is 0 Å². The van der Waals surface area contributed by atoms with Crippen molar-refractivity contribution in [3.05, 3.63) is 97.1 Å². The van der Waals surface area contributed by atoms with Gasteiger partial charge in [0, 0.05) is 22.5 Å². The second-order valence-corrected chi connectivity index (χ2v) is 7.77. The second kappa shape index (κ2) is 5.11. The summed E-state index contributed by atoms with van der Waals surface area (Å²) in [5, 5.41) is 0. The Kier molecular flexibility index (Phi) is 2.67. The number of nitrogens with zero attached hydrogens (tertiary/aromatic N) is 2. The Morgan fingerprint density at radius 3 is 1.21 bits per heavy atom. The summed E-state index contributed by atoms with van der Waals surface area (Å²) in [4.78, 5) is 0. The van der Waals surface area contributed by atoms with Gasteiger partial charge in [-0.05, 0) is 34.2 Å². The first-order valence-electron chi connectivity index (χ1n) is 9.87. The van der Waals surface area contributed by atoms with Gasteiger partial charge in [-0.1, -0.05) is 84.9 Å². The van der Waals surface area contributed by atoms with E-state index in [9.17, 15) is 0 Å². The van der Waals surface area contributed by atoms with Gasteiger partial charge in [0.15, 0.2) is 0 Å². The molecule has 3 aliphatic rings. The van der Waals surface area contributed by atoms with Gasteiger partial charge in [0.05, 0.1) is 0 Å². The molecule has 1 saturated heterocycles. The molecule has 0 unspecified atom stereocenters. The van der Waals surface area contributed by atoms with Gasteiger partial charge in [-0.3, -0.25) is 0 Å². The van der Waals surface area contributed by atoms with Crippen LogP contribution in [0.1, 0.15) is 0 Å². The lowest BCUT2D eigenvalue weighted by molar-refractivity contribution is 1.27. The molecule has 0 N–H and O–H groups in total. The third-order valence-electron chi connectivity index (χ3n) is 6.48. The van der Waals surface area contributed by atoms with Crippen molar-refractivity contribution in [2.75, 3.05) is 9.44 Å². The van der Waals surface area contributed by atoms with Crippen LogP contribution in [0.4, 0.5) is 11.4 Å². The van der Waals surface area contributed by atoms with E-state index in [1.807, 2.05) is 0 Å². The van der Waals surface area contributed by atoms with Gasteiger partial charge >= 0.3 is 14.0 Å². The molecule has 4 aromatic rings. The number of benzene rings is 4. The SMILES string of the molecule is c1ccc2c(c1)B1N(B3c4ccccc4-c4ccccc4N13)c1ccccc1-2. The molecule has 3 heterocycles. The van der Waals surface area contributed by atoms with E-state index in [1.54, 1.807) is 0 Å². The molecule has 0 amide bonds. The Labute approximate surface area is 165 Å². The average molecular weight is 354 g/mol. The molecule has 0 aliphatic carbocycles. The van der Waals surface area contributed by atoms with Crippen LogP contribution in [0, 0.1) is 0 Å². The molecule has 0 aromatic heterocycles. The maximum atomic E-state index is 2.60. The van der Waals surface area contributed by atoms with E-state index in [4.69, 9.17) is 0 Å². The Hall–Kier alpha value is -3.39. The first kappa shape index (κ1) is 14.6. The lowest BCUT2D eigenvalue weighted by Gasteiger charge is -2.61. The highest BCUT2D eigenvalue weighted by Gasteiger charge is 2.60. The van der Waals surface area contributed by atoms with E-state index in [2.05, 4.69) is 107 Å². The molecule has 0 saturated carbocycles. The maximum absolute atomic E-state index is 2.60. The van der Waals surface area contributed by atoms with Gasteiger partial charge < -0.3 is 9.44 Å². The number of hydrogen-bond acceptors (Lipinski definition) is 2. The lowest BCUT2D eigenvalue weighted by atomic mass is 9.34. The number of anilines is 2. The van der Waals surface area contributed by atoms with Gasteiger partial charge in [-0.25, -0.2) is 0 Å². The molecule has 0 atom stereocenters. The highest BCUT2D eigenvalue weighted by atomic mass is 15.3. The first-order valence-corrected chi connectivity index (χ1v) is 9.87. The van der Waals surface area contributed by atoms with Crippen molar-refractivity contribution in [2.24, 2.45) is 0 Å². The molecular formula is C24H16B2N2. The fraction of sp³-hybridized carbons (Fsp3) is 0. The lowest BCUT2D eigenvalue weighted by Crippen LogP contribution is -2.88. The third kappa shape index (κ3) is 1.62. The Morgan fingerprint density at radius 2 is 0.750 bits per heavy atom. The van der Waals surface area contributed by atoms with Crippen LogP contribution in [0.15, 0.2) is 97.1 Å². The van der Waals surface area contributed by atoms with Crippen molar-refractivity contribution in [1.82, 2.24) is 0 Å². The summed E-state index contributed by atoms with van der Waals surface area (Å²) in [6.07, 6.45) is 0. The second-order valence-electron chi connectivity index (χ2n) is 7.77.